The maximum Gasteiger partial charge on any atom is 0.418 e. The molecule has 5 rings (SSSR count). The molecule has 284 valence electrons. The van der Waals surface area contributed by atoms with Crippen LogP contribution in [-0.2, 0) is 41.9 Å². The fourth-order valence-electron chi connectivity index (χ4n) is 6.78. The van der Waals surface area contributed by atoms with Gasteiger partial charge < -0.3 is 14.8 Å². The molecule has 11 nitrogen and oxygen atoms in total. The summed E-state index contributed by atoms with van der Waals surface area (Å²) in [5.74, 6) is -0.884. The van der Waals surface area contributed by atoms with Crippen molar-refractivity contribution in [3.63, 3.8) is 0 Å². The Bertz CT molecular complexity index is 1740. The van der Waals surface area contributed by atoms with E-state index in [9.17, 15) is 22.8 Å². The van der Waals surface area contributed by atoms with Crippen molar-refractivity contribution in [2.75, 3.05) is 30.8 Å². The zero-order valence-corrected chi connectivity index (χ0v) is 32.7. The van der Waals surface area contributed by atoms with Gasteiger partial charge in [-0.25, -0.2) is 23.1 Å². The Hall–Kier alpha value is -3.42. The highest BCUT2D eigenvalue weighted by Crippen LogP contribution is 2.38. The Morgan fingerprint density at radius 3 is 2.35 bits per heavy atom. The molecule has 1 unspecified atom stereocenters. The molecule has 1 N–H and O–H groups in total. The number of fused-ring (bicyclic) bond motifs is 2. The van der Waals surface area contributed by atoms with E-state index in [1.807, 2.05) is 6.07 Å². The number of unbranched alkanes of at least 4 members (excludes halogenated alkanes) is 6. The van der Waals surface area contributed by atoms with Crippen molar-refractivity contribution in [3.8, 4) is 0 Å². The Morgan fingerprint density at radius 2 is 1.63 bits per heavy atom. The van der Waals surface area contributed by atoms with E-state index in [0.717, 1.165) is 76.8 Å². The smallest absolute Gasteiger partial charge is 0.418 e. The lowest BCUT2D eigenvalue weighted by atomic mass is 9.91. The van der Waals surface area contributed by atoms with Crippen LogP contribution in [0.2, 0.25) is 0 Å². The molecule has 0 aromatic heterocycles. The maximum atomic E-state index is 14.8. The highest BCUT2D eigenvalue weighted by atomic mass is 32.2. The van der Waals surface area contributed by atoms with Gasteiger partial charge in [0.25, 0.3) is 21.8 Å². The summed E-state index contributed by atoms with van der Waals surface area (Å²) < 4.78 is 40.8. The standard InChI is InChI=1S/C39H54N4O7S2/c1-5-7-9-10-11-16-25-51-32-27-29-19-13-12-18-28(29)26-31(32)41-36(44)34(43-37(45)39(3,4)50-38(43)46)35-40-30-20-14-15-21-33(30)52(47,48)42(35)22-17-24-49-23-8-6-2/h14-15,20-21,26-27,34H,5-13,16-19,22-25H2,1-4H3,(H,41,44). The number of rotatable bonds is 19. The second-order valence-corrected chi connectivity index (χ2v) is 17.2. The zero-order chi connectivity index (χ0) is 37.3. The van der Waals surface area contributed by atoms with Crippen LogP contribution in [0.15, 0.2) is 51.2 Å². The average molecular weight is 755 g/mol. The molecule has 52 heavy (non-hydrogen) atoms. The lowest BCUT2D eigenvalue weighted by molar-refractivity contribution is -0.137. The highest BCUT2D eigenvalue weighted by Gasteiger charge is 2.55. The molecule has 1 fully saturated rings. The van der Waals surface area contributed by atoms with E-state index in [2.05, 4.69) is 25.2 Å². The third kappa shape index (κ3) is 9.20. The van der Waals surface area contributed by atoms with Crippen LogP contribution in [0.1, 0.15) is 109 Å². The Kier molecular flexibility index (Phi) is 13.8. The summed E-state index contributed by atoms with van der Waals surface area (Å²) in [4.78, 5) is 48.4. The van der Waals surface area contributed by atoms with E-state index < -0.39 is 39.6 Å². The van der Waals surface area contributed by atoms with Gasteiger partial charge in [0.15, 0.2) is 17.5 Å². The highest BCUT2D eigenvalue weighted by molar-refractivity contribution is 7.99. The summed E-state index contributed by atoms with van der Waals surface area (Å²) >= 11 is 1.68. The normalized spacial score (nSPS) is 18.0. The molecule has 2 heterocycles. The number of para-hydroxylation sites is 1. The summed E-state index contributed by atoms with van der Waals surface area (Å²) in [6.45, 7) is 7.90. The van der Waals surface area contributed by atoms with Crippen LogP contribution in [0.25, 0.3) is 0 Å². The Balaban J connectivity index is 1.52. The molecular formula is C39H54N4O7S2. The topological polar surface area (TPSA) is 135 Å². The summed E-state index contributed by atoms with van der Waals surface area (Å²) in [6.07, 6.45) is 12.1. The number of aliphatic imine (C=N–C) groups is 1. The van der Waals surface area contributed by atoms with Crippen LogP contribution >= 0.6 is 11.8 Å². The minimum atomic E-state index is -4.25. The predicted octanol–water partition coefficient (Wildman–Crippen LogP) is 8.02. The predicted molar refractivity (Wildman–Crippen MR) is 205 cm³/mol. The molecule has 2 aromatic rings. The van der Waals surface area contributed by atoms with Crippen molar-refractivity contribution < 1.29 is 32.3 Å². The molecule has 2 aliphatic heterocycles. The third-order valence-electron chi connectivity index (χ3n) is 9.70. The van der Waals surface area contributed by atoms with Crippen molar-refractivity contribution in [3.05, 3.63) is 47.5 Å². The Labute approximate surface area is 313 Å². The quantitative estimate of drug-likeness (QED) is 0.113. The molecule has 0 saturated carbocycles. The van der Waals surface area contributed by atoms with Gasteiger partial charge in [0.05, 0.1) is 11.4 Å². The first-order valence-corrected chi connectivity index (χ1v) is 21.4. The SMILES string of the molecule is CCCCCCCCSc1cc2c(cc1NC(=O)C(C1=Nc3ccccc3S(=O)(=O)N1CCCOCCCC)N1C(=O)OC(C)(C)C1=O)CCCC2. The number of imide groups is 1. The zero-order valence-electron chi connectivity index (χ0n) is 31.1. The molecular weight excluding hydrogens is 701 g/mol. The van der Waals surface area contributed by atoms with Crippen molar-refractivity contribution in [1.29, 1.82) is 0 Å². The fraction of sp³-hybridized carbons (Fsp3) is 0.590. The number of thioether (sulfide) groups is 1. The minimum absolute atomic E-state index is 0.0245. The molecule has 0 radical (unpaired) electrons. The van der Waals surface area contributed by atoms with Crippen molar-refractivity contribution in [2.45, 2.75) is 133 Å². The van der Waals surface area contributed by atoms with Crippen LogP contribution < -0.4 is 5.32 Å². The first-order valence-electron chi connectivity index (χ1n) is 18.9. The van der Waals surface area contributed by atoms with Crippen LogP contribution in [-0.4, -0.2) is 78.5 Å². The number of benzene rings is 2. The van der Waals surface area contributed by atoms with E-state index >= 15 is 0 Å². The van der Waals surface area contributed by atoms with E-state index in [1.54, 1.807) is 30.0 Å². The van der Waals surface area contributed by atoms with Crippen molar-refractivity contribution in [2.24, 2.45) is 4.99 Å². The number of nitrogens with one attached hydrogen (secondary N) is 1. The molecule has 0 spiro atoms. The second-order valence-electron chi connectivity index (χ2n) is 14.2. The van der Waals surface area contributed by atoms with Gasteiger partial charge in [0.2, 0.25) is 0 Å². The van der Waals surface area contributed by atoms with E-state index in [0.29, 0.717) is 18.7 Å². The van der Waals surface area contributed by atoms with Crippen LogP contribution in [0.3, 0.4) is 0 Å². The molecule has 1 saturated heterocycles. The largest absolute Gasteiger partial charge is 0.433 e. The number of aryl methyl sites for hydroxylation is 2. The third-order valence-corrected chi connectivity index (χ3v) is 12.7. The molecule has 3 aliphatic rings. The summed E-state index contributed by atoms with van der Waals surface area (Å²) in [6, 6.07) is 8.69. The van der Waals surface area contributed by atoms with Crippen LogP contribution in [0.5, 0.6) is 0 Å². The fourth-order valence-corrected chi connectivity index (χ4v) is 9.46. The van der Waals surface area contributed by atoms with Gasteiger partial charge in [-0.3, -0.25) is 13.9 Å². The number of ether oxygens (including phenoxy) is 2. The number of carbonyl (C=O) groups is 3. The van der Waals surface area contributed by atoms with Gasteiger partial charge in [-0.05, 0) is 99.9 Å². The first kappa shape index (κ1) is 39.8. The molecule has 3 amide bonds. The molecule has 13 heteroatoms. The van der Waals surface area contributed by atoms with Crippen molar-refractivity contribution >= 4 is 56.9 Å². The lowest BCUT2D eigenvalue weighted by Gasteiger charge is -2.35. The maximum absolute atomic E-state index is 14.8. The average Bonchev–Trinajstić information content (AvgIpc) is 3.32. The van der Waals surface area contributed by atoms with Crippen molar-refractivity contribution in [1.82, 2.24) is 9.21 Å². The number of anilines is 1. The van der Waals surface area contributed by atoms with Gasteiger partial charge >= 0.3 is 6.09 Å². The van der Waals surface area contributed by atoms with Gasteiger partial charge in [0.1, 0.15) is 4.90 Å². The van der Waals surface area contributed by atoms with E-state index in [4.69, 9.17) is 14.5 Å². The number of sulfonamides is 1. The van der Waals surface area contributed by atoms with Gasteiger partial charge in [-0.15, -0.1) is 11.8 Å². The molecule has 1 aliphatic carbocycles. The summed E-state index contributed by atoms with van der Waals surface area (Å²) in [5.41, 5.74) is 1.54. The van der Waals surface area contributed by atoms with E-state index in [1.165, 1.54) is 51.2 Å². The summed E-state index contributed by atoms with van der Waals surface area (Å²) in [5, 5.41) is 3.05. The minimum Gasteiger partial charge on any atom is -0.433 e. The monoisotopic (exact) mass is 754 g/mol. The number of amides is 3. The van der Waals surface area contributed by atoms with Gasteiger partial charge in [-0.2, -0.15) is 0 Å². The lowest BCUT2D eigenvalue weighted by Crippen LogP contribution is -2.59. The second kappa shape index (κ2) is 18.1. The first-order chi connectivity index (χ1) is 25.0. The van der Waals surface area contributed by atoms with E-state index in [-0.39, 0.29) is 29.6 Å². The van der Waals surface area contributed by atoms with Gasteiger partial charge in [-0.1, -0.05) is 64.5 Å². The van der Waals surface area contributed by atoms with Crippen LogP contribution in [0.4, 0.5) is 16.2 Å². The Morgan fingerprint density at radius 1 is 0.962 bits per heavy atom. The van der Waals surface area contributed by atoms with Gasteiger partial charge in [0, 0.05) is 24.7 Å². The molecule has 0 bridgehead atoms. The number of carbonyl (C=O) groups excluding carboxylic acids is 3. The number of hydrogen-bond acceptors (Lipinski definition) is 9. The number of hydrogen-bond donors (Lipinski definition) is 1. The molecule has 1 atom stereocenters. The summed E-state index contributed by atoms with van der Waals surface area (Å²) in [7, 11) is -4.25. The number of nitrogens with zero attached hydrogens (tertiary/aromatic N) is 3. The number of cyclic esters (lactones) is 1. The molecule has 2 aromatic carbocycles. The number of amidine groups is 1. The van der Waals surface area contributed by atoms with Crippen LogP contribution in [0, 0.1) is 0 Å².